The molecule has 0 aromatic rings. The van der Waals surface area contributed by atoms with Crippen molar-refractivity contribution in [3.63, 3.8) is 0 Å². The van der Waals surface area contributed by atoms with Crippen LogP contribution in [0.1, 0.15) is 46.5 Å². The summed E-state index contributed by atoms with van der Waals surface area (Å²) in [6.45, 7) is 8.72. The standard InChI is InChI=1S/C14H26N2O2/c1-11-9-16(10-14(2,3)18-11)13(17)7-6-12-5-4-8-15-12/h11-12,15H,4-10H2,1-3H3. The van der Waals surface area contributed by atoms with Gasteiger partial charge < -0.3 is 15.0 Å². The van der Waals surface area contributed by atoms with Gasteiger partial charge in [-0.05, 0) is 46.6 Å². The Morgan fingerprint density at radius 2 is 2.28 bits per heavy atom. The van der Waals surface area contributed by atoms with Crippen molar-refractivity contribution in [3.8, 4) is 0 Å². The first-order valence-electron chi connectivity index (χ1n) is 7.15. The van der Waals surface area contributed by atoms with Crippen LogP contribution in [0.3, 0.4) is 0 Å². The second kappa shape index (κ2) is 5.57. The lowest BCUT2D eigenvalue weighted by molar-refractivity contribution is -0.158. The molecule has 2 unspecified atom stereocenters. The van der Waals surface area contributed by atoms with Crippen LogP contribution in [0.15, 0.2) is 0 Å². The van der Waals surface area contributed by atoms with Gasteiger partial charge in [0.05, 0.1) is 11.7 Å². The lowest BCUT2D eigenvalue weighted by Crippen LogP contribution is -2.53. The summed E-state index contributed by atoms with van der Waals surface area (Å²) in [5.41, 5.74) is -0.209. The first-order valence-corrected chi connectivity index (χ1v) is 7.15. The number of hydrogen-bond donors (Lipinski definition) is 1. The third-order valence-electron chi connectivity index (χ3n) is 3.79. The molecule has 1 amide bonds. The van der Waals surface area contributed by atoms with Gasteiger partial charge in [-0.1, -0.05) is 0 Å². The van der Waals surface area contributed by atoms with Crippen LogP contribution >= 0.6 is 0 Å². The van der Waals surface area contributed by atoms with E-state index in [9.17, 15) is 4.79 Å². The monoisotopic (exact) mass is 254 g/mol. The third kappa shape index (κ3) is 3.69. The van der Waals surface area contributed by atoms with Gasteiger partial charge in [0.1, 0.15) is 0 Å². The molecule has 0 bridgehead atoms. The summed E-state index contributed by atoms with van der Waals surface area (Å²) in [6, 6.07) is 0.556. The molecule has 0 aromatic heterocycles. The number of amides is 1. The van der Waals surface area contributed by atoms with E-state index in [-0.39, 0.29) is 17.6 Å². The molecular weight excluding hydrogens is 228 g/mol. The van der Waals surface area contributed by atoms with Gasteiger partial charge in [-0.2, -0.15) is 0 Å². The molecule has 2 atom stereocenters. The van der Waals surface area contributed by atoms with E-state index < -0.39 is 0 Å². The zero-order valence-electron chi connectivity index (χ0n) is 11.9. The molecule has 0 radical (unpaired) electrons. The van der Waals surface area contributed by atoms with E-state index in [2.05, 4.69) is 19.2 Å². The van der Waals surface area contributed by atoms with Crippen LogP contribution in [0.25, 0.3) is 0 Å². The maximum Gasteiger partial charge on any atom is 0.222 e. The molecule has 2 rings (SSSR count). The molecule has 2 fully saturated rings. The second-order valence-corrected chi connectivity index (χ2v) is 6.29. The summed E-state index contributed by atoms with van der Waals surface area (Å²) in [7, 11) is 0. The minimum Gasteiger partial charge on any atom is -0.369 e. The zero-order valence-corrected chi connectivity index (χ0v) is 11.9. The molecule has 4 nitrogen and oxygen atoms in total. The Hall–Kier alpha value is -0.610. The maximum atomic E-state index is 12.2. The molecule has 0 spiro atoms. The average Bonchev–Trinajstić information content (AvgIpc) is 2.75. The maximum absolute atomic E-state index is 12.2. The predicted molar refractivity (Wildman–Crippen MR) is 71.5 cm³/mol. The van der Waals surface area contributed by atoms with Crippen LogP contribution < -0.4 is 5.32 Å². The van der Waals surface area contributed by atoms with Crippen molar-refractivity contribution in [2.45, 2.75) is 64.2 Å². The van der Waals surface area contributed by atoms with E-state index in [0.717, 1.165) is 19.5 Å². The van der Waals surface area contributed by atoms with E-state index >= 15 is 0 Å². The van der Waals surface area contributed by atoms with Gasteiger partial charge in [-0.25, -0.2) is 0 Å². The van der Waals surface area contributed by atoms with Crippen molar-refractivity contribution in [2.75, 3.05) is 19.6 Å². The van der Waals surface area contributed by atoms with Gasteiger partial charge in [0.25, 0.3) is 0 Å². The van der Waals surface area contributed by atoms with Gasteiger partial charge >= 0.3 is 0 Å². The van der Waals surface area contributed by atoms with Crippen molar-refractivity contribution < 1.29 is 9.53 Å². The minimum atomic E-state index is -0.209. The number of ether oxygens (including phenoxy) is 1. The van der Waals surface area contributed by atoms with Gasteiger partial charge in [0.15, 0.2) is 0 Å². The summed E-state index contributed by atoms with van der Waals surface area (Å²) < 4.78 is 5.83. The van der Waals surface area contributed by atoms with Crippen LogP contribution in [0.5, 0.6) is 0 Å². The first-order chi connectivity index (χ1) is 8.46. The predicted octanol–water partition coefficient (Wildman–Crippen LogP) is 1.54. The number of morpholine rings is 1. The fourth-order valence-corrected chi connectivity index (χ4v) is 3.10. The molecular formula is C14H26N2O2. The Balaban J connectivity index is 1.80. The number of hydrogen-bond acceptors (Lipinski definition) is 3. The smallest absolute Gasteiger partial charge is 0.222 e. The van der Waals surface area contributed by atoms with Crippen LogP contribution in [0.4, 0.5) is 0 Å². The Morgan fingerprint density at radius 3 is 2.89 bits per heavy atom. The Bertz CT molecular complexity index is 298. The van der Waals surface area contributed by atoms with Crippen LogP contribution in [-0.2, 0) is 9.53 Å². The molecule has 0 aliphatic carbocycles. The van der Waals surface area contributed by atoms with Gasteiger partial charge in [-0.3, -0.25) is 4.79 Å². The Kier molecular flexibility index (Phi) is 4.28. The lowest BCUT2D eigenvalue weighted by atomic mass is 10.0. The number of carbonyl (C=O) groups excluding carboxylic acids is 1. The molecule has 0 aromatic carbocycles. The molecule has 104 valence electrons. The summed E-state index contributed by atoms with van der Waals surface area (Å²) in [5.74, 6) is 0.284. The van der Waals surface area contributed by atoms with Gasteiger partial charge in [0, 0.05) is 25.6 Å². The van der Waals surface area contributed by atoms with Gasteiger partial charge in [0.2, 0.25) is 5.91 Å². The molecule has 18 heavy (non-hydrogen) atoms. The van der Waals surface area contributed by atoms with Crippen molar-refractivity contribution in [1.29, 1.82) is 0 Å². The van der Waals surface area contributed by atoms with E-state index in [4.69, 9.17) is 4.74 Å². The molecule has 2 aliphatic rings. The molecule has 4 heteroatoms. The van der Waals surface area contributed by atoms with Crippen molar-refractivity contribution >= 4 is 5.91 Å². The second-order valence-electron chi connectivity index (χ2n) is 6.29. The quantitative estimate of drug-likeness (QED) is 0.831. The van der Waals surface area contributed by atoms with Crippen molar-refractivity contribution in [2.24, 2.45) is 0 Å². The molecule has 2 saturated heterocycles. The fourth-order valence-electron chi connectivity index (χ4n) is 3.10. The topological polar surface area (TPSA) is 41.6 Å². The summed E-state index contributed by atoms with van der Waals surface area (Å²) in [5, 5.41) is 3.44. The van der Waals surface area contributed by atoms with Crippen LogP contribution in [0.2, 0.25) is 0 Å². The minimum absolute atomic E-state index is 0.141. The zero-order chi connectivity index (χ0) is 13.2. The van der Waals surface area contributed by atoms with E-state index in [1.165, 1.54) is 12.8 Å². The summed E-state index contributed by atoms with van der Waals surface area (Å²) in [6.07, 6.45) is 4.26. The molecule has 2 heterocycles. The average molecular weight is 254 g/mol. The Labute approximate surface area is 110 Å². The first kappa shape index (κ1) is 13.8. The van der Waals surface area contributed by atoms with E-state index in [0.29, 0.717) is 19.0 Å². The number of nitrogens with zero attached hydrogens (tertiary/aromatic N) is 1. The van der Waals surface area contributed by atoms with Crippen LogP contribution in [-0.4, -0.2) is 48.2 Å². The van der Waals surface area contributed by atoms with Gasteiger partial charge in [-0.15, -0.1) is 0 Å². The van der Waals surface area contributed by atoms with E-state index in [1.54, 1.807) is 0 Å². The molecule has 2 aliphatic heterocycles. The van der Waals surface area contributed by atoms with Crippen molar-refractivity contribution in [3.05, 3.63) is 0 Å². The SMILES string of the molecule is CC1CN(C(=O)CCC2CCCN2)CC(C)(C)O1. The summed E-state index contributed by atoms with van der Waals surface area (Å²) in [4.78, 5) is 14.2. The van der Waals surface area contributed by atoms with E-state index in [1.807, 2.05) is 11.8 Å². The highest BCUT2D eigenvalue weighted by Crippen LogP contribution is 2.22. The Morgan fingerprint density at radius 1 is 1.50 bits per heavy atom. The van der Waals surface area contributed by atoms with Crippen LogP contribution in [0, 0.1) is 0 Å². The number of rotatable bonds is 3. The largest absolute Gasteiger partial charge is 0.369 e. The highest BCUT2D eigenvalue weighted by atomic mass is 16.5. The lowest BCUT2D eigenvalue weighted by Gasteiger charge is -2.41. The fraction of sp³-hybridized carbons (Fsp3) is 0.929. The normalized spacial score (nSPS) is 31.6. The molecule has 0 saturated carbocycles. The molecule has 1 N–H and O–H groups in total. The third-order valence-corrected chi connectivity index (χ3v) is 3.79. The highest BCUT2D eigenvalue weighted by Gasteiger charge is 2.33. The number of carbonyl (C=O) groups is 1. The summed E-state index contributed by atoms with van der Waals surface area (Å²) >= 11 is 0. The highest BCUT2D eigenvalue weighted by molar-refractivity contribution is 5.76. The number of nitrogens with one attached hydrogen (secondary N) is 1. The van der Waals surface area contributed by atoms with Crippen molar-refractivity contribution in [1.82, 2.24) is 10.2 Å².